The van der Waals surface area contributed by atoms with Crippen LogP contribution in [0.5, 0.6) is 5.75 Å². The van der Waals surface area contributed by atoms with E-state index in [0.717, 1.165) is 24.2 Å². The van der Waals surface area contributed by atoms with Gasteiger partial charge in [0.25, 0.3) is 0 Å². The summed E-state index contributed by atoms with van der Waals surface area (Å²) in [5.74, 6) is 0.742. The third-order valence-electron chi connectivity index (χ3n) is 2.47. The van der Waals surface area contributed by atoms with Crippen molar-refractivity contribution in [3.05, 3.63) is 27.7 Å². The summed E-state index contributed by atoms with van der Waals surface area (Å²) in [4.78, 5) is 0. The molecule has 1 N–H and O–H groups in total. The lowest BCUT2D eigenvalue weighted by atomic mass is 10.2. The van der Waals surface area contributed by atoms with Gasteiger partial charge in [0.15, 0.2) is 0 Å². The van der Waals surface area contributed by atoms with Gasteiger partial charge in [-0.05, 0) is 32.5 Å². The molecule has 17 heavy (non-hydrogen) atoms. The number of hydrogen-bond acceptors (Lipinski definition) is 2. The van der Waals surface area contributed by atoms with Gasteiger partial charge in [-0.15, -0.1) is 0 Å². The summed E-state index contributed by atoms with van der Waals surface area (Å²) < 4.78 is 5.89. The van der Waals surface area contributed by atoms with Crippen LogP contribution in [0.3, 0.4) is 0 Å². The maximum atomic E-state index is 6.18. The van der Waals surface area contributed by atoms with E-state index in [1.54, 1.807) is 6.07 Å². The fourth-order valence-electron chi connectivity index (χ4n) is 1.73. The van der Waals surface area contributed by atoms with Gasteiger partial charge in [0, 0.05) is 17.1 Å². The maximum absolute atomic E-state index is 6.18. The Morgan fingerprint density at radius 3 is 2.65 bits per heavy atom. The molecule has 0 saturated heterocycles. The highest BCUT2D eigenvalue weighted by molar-refractivity contribution is 6.35. The normalized spacial score (nSPS) is 12.5. The van der Waals surface area contributed by atoms with Crippen molar-refractivity contribution in [2.24, 2.45) is 0 Å². The number of ether oxygens (including phenoxy) is 1. The number of halogens is 2. The third kappa shape index (κ3) is 4.38. The van der Waals surface area contributed by atoms with Gasteiger partial charge in [-0.2, -0.15) is 0 Å². The molecular weight excluding hydrogens is 257 g/mol. The molecule has 96 valence electrons. The molecule has 2 nitrogen and oxygen atoms in total. The lowest BCUT2D eigenvalue weighted by Gasteiger charge is -2.18. The molecule has 1 atom stereocenters. The van der Waals surface area contributed by atoms with Crippen LogP contribution in [0.25, 0.3) is 0 Å². The molecule has 0 radical (unpaired) electrons. The van der Waals surface area contributed by atoms with Crippen LogP contribution < -0.4 is 10.1 Å². The minimum atomic E-state index is 0.161. The Labute approximate surface area is 113 Å². The van der Waals surface area contributed by atoms with Crippen LogP contribution >= 0.6 is 23.2 Å². The minimum Gasteiger partial charge on any atom is -0.489 e. The molecule has 0 saturated carbocycles. The third-order valence-corrected chi connectivity index (χ3v) is 2.97. The second-order valence-corrected chi connectivity index (χ2v) is 4.97. The van der Waals surface area contributed by atoms with E-state index in [4.69, 9.17) is 27.9 Å². The summed E-state index contributed by atoms with van der Waals surface area (Å²) >= 11 is 12.2. The SMILES string of the molecule is CCCC(C)Oc1c(Cl)cc(Cl)cc1CNC. The molecule has 0 aliphatic rings. The van der Waals surface area contributed by atoms with Crippen molar-refractivity contribution in [1.29, 1.82) is 0 Å². The van der Waals surface area contributed by atoms with Gasteiger partial charge in [0.1, 0.15) is 5.75 Å². The average molecular weight is 276 g/mol. The first kappa shape index (κ1) is 14.6. The number of hydrogen-bond donors (Lipinski definition) is 1. The van der Waals surface area contributed by atoms with Gasteiger partial charge in [-0.3, -0.25) is 0 Å². The molecule has 0 aliphatic heterocycles. The zero-order chi connectivity index (χ0) is 12.8. The first-order chi connectivity index (χ1) is 8.08. The number of benzene rings is 1. The topological polar surface area (TPSA) is 21.3 Å². The second-order valence-electron chi connectivity index (χ2n) is 4.12. The molecule has 1 aromatic rings. The summed E-state index contributed by atoms with van der Waals surface area (Å²) in [6.45, 7) is 4.88. The standard InChI is InChI=1S/C13H19Cl2NO/c1-4-5-9(2)17-13-10(8-16-3)6-11(14)7-12(13)15/h6-7,9,16H,4-5,8H2,1-3H3. The van der Waals surface area contributed by atoms with Crippen LogP contribution in [0.15, 0.2) is 12.1 Å². The summed E-state index contributed by atoms with van der Waals surface area (Å²) in [6.07, 6.45) is 2.26. The van der Waals surface area contributed by atoms with Gasteiger partial charge >= 0.3 is 0 Å². The highest BCUT2D eigenvalue weighted by Gasteiger charge is 2.13. The Bertz CT molecular complexity index is 369. The van der Waals surface area contributed by atoms with E-state index in [9.17, 15) is 0 Å². The quantitative estimate of drug-likeness (QED) is 0.837. The molecule has 0 spiro atoms. The van der Waals surface area contributed by atoms with Gasteiger partial charge < -0.3 is 10.1 Å². The molecule has 1 unspecified atom stereocenters. The molecule has 0 aliphatic carbocycles. The van der Waals surface area contributed by atoms with E-state index >= 15 is 0 Å². The fourth-order valence-corrected chi connectivity index (χ4v) is 2.31. The second kappa shape index (κ2) is 7.10. The number of nitrogens with one attached hydrogen (secondary N) is 1. The Balaban J connectivity index is 2.95. The molecule has 0 bridgehead atoms. The maximum Gasteiger partial charge on any atom is 0.142 e. The minimum absolute atomic E-state index is 0.161. The predicted octanol–water partition coefficient (Wildman–Crippen LogP) is 4.28. The van der Waals surface area contributed by atoms with E-state index < -0.39 is 0 Å². The van der Waals surface area contributed by atoms with Crippen LogP contribution in [0.2, 0.25) is 10.0 Å². The number of rotatable bonds is 6. The van der Waals surface area contributed by atoms with Crippen LogP contribution in [0, 0.1) is 0 Å². The van der Waals surface area contributed by atoms with E-state index in [1.807, 2.05) is 13.1 Å². The van der Waals surface area contributed by atoms with Crippen LogP contribution in [0.4, 0.5) is 0 Å². The first-order valence-electron chi connectivity index (χ1n) is 5.87. The average Bonchev–Trinajstić information content (AvgIpc) is 2.24. The lowest BCUT2D eigenvalue weighted by Crippen LogP contribution is -2.14. The highest BCUT2D eigenvalue weighted by atomic mass is 35.5. The zero-order valence-corrected chi connectivity index (χ0v) is 12.0. The summed E-state index contributed by atoms with van der Waals surface area (Å²) in [5.41, 5.74) is 0.993. The molecule has 1 rings (SSSR count). The molecule has 0 aromatic heterocycles. The summed E-state index contributed by atoms with van der Waals surface area (Å²) in [7, 11) is 1.88. The molecule has 0 amide bonds. The van der Waals surface area contributed by atoms with Crippen molar-refractivity contribution in [3.63, 3.8) is 0 Å². The Morgan fingerprint density at radius 2 is 2.06 bits per heavy atom. The molecule has 4 heteroatoms. The van der Waals surface area contributed by atoms with E-state index in [0.29, 0.717) is 16.6 Å². The smallest absolute Gasteiger partial charge is 0.142 e. The Morgan fingerprint density at radius 1 is 1.35 bits per heavy atom. The van der Waals surface area contributed by atoms with Crippen LogP contribution in [0.1, 0.15) is 32.3 Å². The van der Waals surface area contributed by atoms with E-state index in [2.05, 4.69) is 19.2 Å². The van der Waals surface area contributed by atoms with Crippen molar-refractivity contribution in [2.45, 2.75) is 39.3 Å². The molecule has 1 aromatic carbocycles. The van der Waals surface area contributed by atoms with Gasteiger partial charge in [-0.1, -0.05) is 36.5 Å². The van der Waals surface area contributed by atoms with Gasteiger partial charge in [-0.25, -0.2) is 0 Å². The Hall–Kier alpha value is -0.440. The van der Waals surface area contributed by atoms with E-state index in [1.165, 1.54) is 0 Å². The van der Waals surface area contributed by atoms with E-state index in [-0.39, 0.29) is 6.10 Å². The largest absolute Gasteiger partial charge is 0.489 e. The van der Waals surface area contributed by atoms with Crippen molar-refractivity contribution in [2.75, 3.05) is 7.05 Å². The zero-order valence-electron chi connectivity index (χ0n) is 10.5. The molecule has 0 heterocycles. The molecular formula is C13H19Cl2NO. The van der Waals surface area contributed by atoms with Crippen molar-refractivity contribution in [1.82, 2.24) is 5.32 Å². The predicted molar refractivity (Wildman–Crippen MR) is 74.2 cm³/mol. The van der Waals surface area contributed by atoms with Crippen LogP contribution in [-0.2, 0) is 6.54 Å². The fraction of sp³-hybridized carbons (Fsp3) is 0.538. The monoisotopic (exact) mass is 275 g/mol. The van der Waals surface area contributed by atoms with Gasteiger partial charge in [0.2, 0.25) is 0 Å². The van der Waals surface area contributed by atoms with Crippen molar-refractivity contribution >= 4 is 23.2 Å². The Kier molecular flexibility index (Phi) is 6.10. The van der Waals surface area contributed by atoms with Crippen molar-refractivity contribution < 1.29 is 4.74 Å². The lowest BCUT2D eigenvalue weighted by molar-refractivity contribution is 0.208. The van der Waals surface area contributed by atoms with Gasteiger partial charge in [0.05, 0.1) is 11.1 Å². The summed E-state index contributed by atoms with van der Waals surface area (Å²) in [6, 6.07) is 3.61. The highest BCUT2D eigenvalue weighted by Crippen LogP contribution is 2.33. The summed E-state index contributed by atoms with van der Waals surface area (Å²) in [5, 5.41) is 4.30. The van der Waals surface area contributed by atoms with Crippen LogP contribution in [-0.4, -0.2) is 13.2 Å². The molecule has 0 fully saturated rings. The first-order valence-corrected chi connectivity index (χ1v) is 6.63. The van der Waals surface area contributed by atoms with Crippen molar-refractivity contribution in [3.8, 4) is 5.75 Å².